The minimum Gasteiger partial charge on any atom is -0.298 e. The van der Waals surface area contributed by atoms with Crippen molar-refractivity contribution in [2.45, 2.75) is 37.0 Å². The highest BCUT2D eigenvalue weighted by Crippen LogP contribution is 2.45. The molecule has 2 unspecified atom stereocenters. The van der Waals surface area contributed by atoms with Gasteiger partial charge in [-0.25, -0.2) is 0 Å². The molecule has 1 nitrogen and oxygen atoms in total. The molecule has 0 heterocycles. The van der Waals surface area contributed by atoms with E-state index < -0.39 is 41.1 Å². The predicted molar refractivity (Wildman–Crippen MR) is 134 cm³/mol. The minimum atomic E-state index is -5.20. The van der Waals surface area contributed by atoms with Gasteiger partial charge in [-0.15, -0.1) is 0 Å². The monoisotopic (exact) mass is 526 g/mol. The van der Waals surface area contributed by atoms with Gasteiger partial charge in [0, 0.05) is 0 Å². The summed E-state index contributed by atoms with van der Waals surface area (Å²) in [5.41, 5.74) is 2.17. The predicted octanol–water partition coefficient (Wildman–Crippen LogP) is 8.43. The average Bonchev–Trinajstić information content (AvgIpc) is 2.86. The Morgan fingerprint density at radius 2 is 0.763 bits per heavy atom. The fourth-order valence-corrected chi connectivity index (χ4v) is 4.51. The van der Waals surface area contributed by atoms with E-state index >= 15 is 0 Å². The molecule has 0 fully saturated rings. The summed E-state index contributed by atoms with van der Waals surface area (Å²) in [6, 6.07) is 28.4. The van der Waals surface area contributed by atoms with Gasteiger partial charge in [0.15, 0.2) is 5.78 Å². The molecule has 38 heavy (non-hydrogen) atoms. The fourth-order valence-electron chi connectivity index (χ4n) is 4.51. The first kappa shape index (κ1) is 27.2. The molecule has 2 atom stereocenters. The van der Waals surface area contributed by atoms with Crippen molar-refractivity contribution in [3.63, 3.8) is 0 Å². The van der Waals surface area contributed by atoms with Crippen molar-refractivity contribution in [1.29, 1.82) is 0 Å². The van der Waals surface area contributed by atoms with Crippen LogP contribution in [0.5, 0.6) is 0 Å². The molecule has 196 valence electrons. The third kappa shape index (κ3) is 6.71. The molecule has 0 aromatic heterocycles. The summed E-state index contributed by atoms with van der Waals surface area (Å²) in [6.07, 6.45) is -9.53. The summed E-state index contributed by atoms with van der Waals surface area (Å²) in [4.78, 5) is 13.0. The fraction of sp³-hybridized carbons (Fsp3) is 0.194. The van der Waals surface area contributed by atoms with E-state index in [-0.39, 0.29) is 0 Å². The number of Topliss-reactive ketones (excluding diaryl/α,β-unsaturated/α-hetero) is 1. The number of hydrogen-bond donors (Lipinski definition) is 0. The molecule has 4 aromatic rings. The molecule has 0 amide bonds. The van der Waals surface area contributed by atoms with Crippen molar-refractivity contribution >= 4 is 5.78 Å². The van der Waals surface area contributed by atoms with Crippen molar-refractivity contribution in [1.82, 2.24) is 0 Å². The molecule has 7 heteroatoms. The topological polar surface area (TPSA) is 17.1 Å². The van der Waals surface area contributed by atoms with E-state index in [1.807, 2.05) is 60.7 Å². The van der Waals surface area contributed by atoms with Crippen LogP contribution in [0.15, 0.2) is 109 Å². The molecule has 0 saturated heterocycles. The zero-order valence-electron chi connectivity index (χ0n) is 20.1. The van der Waals surface area contributed by atoms with E-state index in [4.69, 9.17) is 0 Å². The highest BCUT2D eigenvalue weighted by Gasteiger charge is 2.55. The zero-order valence-corrected chi connectivity index (χ0v) is 20.1. The number of alkyl halides is 6. The van der Waals surface area contributed by atoms with Crippen molar-refractivity contribution in [2.75, 3.05) is 0 Å². The number of ketones is 1. The lowest BCUT2D eigenvalue weighted by Crippen LogP contribution is -2.38. The minimum absolute atomic E-state index is 0.437. The number of benzene rings is 4. The van der Waals surface area contributed by atoms with E-state index in [9.17, 15) is 31.1 Å². The van der Waals surface area contributed by atoms with Crippen LogP contribution in [-0.2, 0) is 17.6 Å². The molecular weight excluding hydrogens is 502 g/mol. The Morgan fingerprint density at radius 1 is 0.474 bits per heavy atom. The number of rotatable bonds is 8. The zero-order chi connectivity index (χ0) is 27.3. The highest BCUT2D eigenvalue weighted by molar-refractivity contribution is 5.93. The molecule has 0 spiro atoms. The molecule has 0 aliphatic heterocycles. The molecule has 0 radical (unpaired) electrons. The first-order valence-corrected chi connectivity index (χ1v) is 11.9. The van der Waals surface area contributed by atoms with E-state index in [1.165, 1.54) is 24.3 Å². The summed E-state index contributed by atoms with van der Waals surface area (Å²) in [6.45, 7) is 0. The van der Waals surface area contributed by atoms with Gasteiger partial charge in [-0.1, -0.05) is 109 Å². The van der Waals surface area contributed by atoms with Gasteiger partial charge in [0.1, 0.15) is 11.8 Å². The first-order valence-electron chi connectivity index (χ1n) is 11.9. The van der Waals surface area contributed by atoms with Gasteiger partial charge in [0.05, 0.1) is 0 Å². The Morgan fingerprint density at radius 3 is 1.05 bits per heavy atom. The van der Waals surface area contributed by atoms with Gasteiger partial charge in [0.25, 0.3) is 0 Å². The summed E-state index contributed by atoms with van der Waals surface area (Å²) >= 11 is 0. The summed E-state index contributed by atoms with van der Waals surface area (Å²) in [5.74, 6) is -7.77. The van der Waals surface area contributed by atoms with E-state index in [0.29, 0.717) is 24.0 Å². The lowest BCUT2D eigenvalue weighted by atomic mass is 9.82. The van der Waals surface area contributed by atoms with Crippen LogP contribution in [0.2, 0.25) is 0 Å². The number of hydrogen-bond acceptors (Lipinski definition) is 1. The highest BCUT2D eigenvalue weighted by atomic mass is 19.4. The standard InChI is InChI=1S/C31H24F6O/c32-30(33,34)27(25-15-11-23(12-16-25)19-21-7-3-1-4-8-21)29(38)28(31(35,36)37)26-17-13-24(14-18-26)20-22-9-5-2-6-10-22/h1-18,27-28H,19-20H2. The Hall–Kier alpha value is -3.87. The summed E-state index contributed by atoms with van der Waals surface area (Å²) < 4.78 is 84.5. The lowest BCUT2D eigenvalue weighted by Gasteiger charge is -2.27. The molecule has 0 aliphatic carbocycles. The van der Waals surface area contributed by atoms with Crippen molar-refractivity contribution in [3.05, 3.63) is 143 Å². The van der Waals surface area contributed by atoms with Crippen molar-refractivity contribution in [2.24, 2.45) is 0 Å². The maximum Gasteiger partial charge on any atom is 0.402 e. The molecule has 0 N–H and O–H groups in total. The molecular formula is C31H24F6O. The molecule has 0 saturated carbocycles. The second-order valence-corrected chi connectivity index (χ2v) is 9.16. The van der Waals surface area contributed by atoms with E-state index in [2.05, 4.69) is 0 Å². The third-order valence-electron chi connectivity index (χ3n) is 6.35. The Labute approximate surface area is 216 Å². The SMILES string of the molecule is O=C(C(c1ccc(Cc2ccccc2)cc1)C(F)(F)F)C(c1ccc(Cc2ccccc2)cc1)C(F)(F)F. The lowest BCUT2D eigenvalue weighted by molar-refractivity contribution is -0.183. The Bertz CT molecular complexity index is 1220. The molecule has 4 aromatic carbocycles. The normalized spacial score (nSPS) is 13.6. The number of carbonyl (C=O) groups is 1. The summed E-state index contributed by atoms with van der Waals surface area (Å²) in [5, 5.41) is 0. The van der Waals surface area contributed by atoms with E-state index in [0.717, 1.165) is 35.4 Å². The summed E-state index contributed by atoms with van der Waals surface area (Å²) in [7, 11) is 0. The van der Waals surface area contributed by atoms with Crippen molar-refractivity contribution in [3.8, 4) is 0 Å². The van der Waals surface area contributed by atoms with Crippen LogP contribution in [-0.4, -0.2) is 18.1 Å². The van der Waals surface area contributed by atoms with Gasteiger partial charge in [0.2, 0.25) is 0 Å². The van der Waals surface area contributed by atoms with Gasteiger partial charge < -0.3 is 0 Å². The smallest absolute Gasteiger partial charge is 0.298 e. The Balaban J connectivity index is 1.61. The average molecular weight is 527 g/mol. The van der Waals surface area contributed by atoms with Gasteiger partial charge in [-0.3, -0.25) is 4.79 Å². The Kier molecular flexibility index (Phi) is 8.05. The maximum atomic E-state index is 14.1. The number of carbonyl (C=O) groups excluding carboxylic acids is 1. The quantitative estimate of drug-likeness (QED) is 0.211. The number of halogens is 6. The van der Waals surface area contributed by atoms with Gasteiger partial charge >= 0.3 is 12.4 Å². The first-order chi connectivity index (χ1) is 18.0. The largest absolute Gasteiger partial charge is 0.402 e. The van der Waals surface area contributed by atoms with Crippen LogP contribution in [0.25, 0.3) is 0 Å². The second-order valence-electron chi connectivity index (χ2n) is 9.16. The van der Waals surface area contributed by atoms with Crippen LogP contribution in [0.1, 0.15) is 45.2 Å². The van der Waals surface area contributed by atoms with Crippen LogP contribution >= 0.6 is 0 Å². The molecule has 0 aliphatic rings. The molecule has 0 bridgehead atoms. The van der Waals surface area contributed by atoms with Crippen LogP contribution < -0.4 is 0 Å². The van der Waals surface area contributed by atoms with Gasteiger partial charge in [-0.2, -0.15) is 26.3 Å². The maximum absolute atomic E-state index is 14.1. The van der Waals surface area contributed by atoms with E-state index in [1.54, 1.807) is 0 Å². The second kappa shape index (κ2) is 11.3. The van der Waals surface area contributed by atoms with Crippen LogP contribution in [0.4, 0.5) is 26.3 Å². The van der Waals surface area contributed by atoms with Crippen LogP contribution in [0.3, 0.4) is 0 Å². The van der Waals surface area contributed by atoms with Crippen molar-refractivity contribution < 1.29 is 31.1 Å². The third-order valence-corrected chi connectivity index (χ3v) is 6.35. The van der Waals surface area contributed by atoms with Gasteiger partial charge in [-0.05, 0) is 46.2 Å². The molecule has 4 rings (SSSR count). The van der Waals surface area contributed by atoms with Crippen LogP contribution in [0, 0.1) is 0 Å².